The van der Waals surface area contributed by atoms with Crippen molar-refractivity contribution < 1.29 is 9.08 Å². The molecule has 4 heteroatoms. The number of amides is 1. The Morgan fingerprint density at radius 1 is 2.00 bits per heavy atom. The maximum Gasteiger partial charge on any atom is 0.245 e. The molecule has 6 heavy (non-hydrogen) atoms. The first-order valence-electron chi connectivity index (χ1n) is 1.29. The van der Waals surface area contributed by atoms with Gasteiger partial charge in [-0.3, -0.25) is 9.08 Å². The second-order valence-electron chi connectivity index (χ2n) is 0.720. The molecule has 0 unspecified atom stereocenters. The third kappa shape index (κ3) is 3.72. The van der Waals surface area contributed by atoms with Crippen LogP contribution in [-0.4, -0.2) is 12.5 Å². The van der Waals surface area contributed by atoms with Crippen LogP contribution < -0.4 is 5.73 Å². The zero-order valence-corrected chi connectivity index (χ0v) is 3.73. The van der Waals surface area contributed by atoms with E-state index in [-0.39, 0.29) is 6.61 Å². The Kier molecular flexibility index (Phi) is 2.80. The predicted octanol–water partition coefficient (Wildman–Crippen LogP) is -0.358. The number of halogens is 1. The molecule has 0 fully saturated rings. The van der Waals surface area contributed by atoms with Gasteiger partial charge in [-0.05, 0) is 0 Å². The van der Waals surface area contributed by atoms with Crippen molar-refractivity contribution in [2.75, 3.05) is 6.61 Å². The van der Waals surface area contributed by atoms with Crippen molar-refractivity contribution in [2.45, 2.75) is 0 Å². The van der Waals surface area contributed by atoms with Crippen LogP contribution in [0.1, 0.15) is 0 Å². The van der Waals surface area contributed by atoms with Gasteiger partial charge in [-0.2, -0.15) is 0 Å². The molecule has 36 valence electrons. The number of carbonyl (C=O) groups excluding carboxylic acids is 1. The van der Waals surface area contributed by atoms with Gasteiger partial charge in [0.15, 0.2) is 0 Å². The molecule has 0 aliphatic carbocycles. The first kappa shape index (κ1) is 5.72. The van der Waals surface area contributed by atoms with Crippen LogP contribution in [0.5, 0.6) is 0 Å². The van der Waals surface area contributed by atoms with Gasteiger partial charge in [0.05, 0.1) is 11.9 Å². The van der Waals surface area contributed by atoms with E-state index in [4.69, 9.17) is 0 Å². The van der Waals surface area contributed by atoms with Crippen molar-refractivity contribution in [2.24, 2.45) is 5.73 Å². The largest absolute Gasteiger partial charge is 0.368 e. The Morgan fingerprint density at radius 3 is 2.50 bits per heavy atom. The summed E-state index contributed by atoms with van der Waals surface area (Å²) in [6, 6.07) is 0. The Balaban J connectivity index is 2.83. The first-order valence-corrected chi connectivity index (χ1v) is 1.60. The SMILES string of the molecule is NC(=O)COCl. The molecule has 3 nitrogen and oxygen atoms in total. The third-order valence-corrected chi connectivity index (χ3v) is 0.306. The summed E-state index contributed by atoms with van der Waals surface area (Å²) in [5, 5.41) is 0. The summed E-state index contributed by atoms with van der Waals surface area (Å²) >= 11 is 4.60. The van der Waals surface area contributed by atoms with Crippen molar-refractivity contribution in [3.8, 4) is 0 Å². The lowest BCUT2D eigenvalue weighted by Crippen LogP contribution is -2.15. The average Bonchev–Trinajstić information content (AvgIpc) is 1.35. The normalized spacial score (nSPS) is 8.17. The van der Waals surface area contributed by atoms with Crippen molar-refractivity contribution in [3.05, 3.63) is 0 Å². The molecular formula is C2H4ClNO2. The fourth-order valence-electron chi connectivity index (χ4n) is 0.0538. The summed E-state index contributed by atoms with van der Waals surface area (Å²) < 4.78 is 3.80. The zero-order valence-electron chi connectivity index (χ0n) is 2.98. The minimum atomic E-state index is -0.565. The molecule has 0 heterocycles. The molecule has 0 atom stereocenters. The van der Waals surface area contributed by atoms with Gasteiger partial charge in [-0.1, -0.05) is 0 Å². The lowest BCUT2D eigenvalue weighted by molar-refractivity contribution is -0.119. The van der Waals surface area contributed by atoms with Crippen molar-refractivity contribution >= 4 is 17.8 Å². The molecule has 0 bridgehead atoms. The predicted molar refractivity (Wildman–Crippen MR) is 21.0 cm³/mol. The molecule has 0 saturated carbocycles. The monoisotopic (exact) mass is 109 g/mol. The van der Waals surface area contributed by atoms with Crippen LogP contribution in [0.15, 0.2) is 0 Å². The molecule has 0 aliphatic heterocycles. The van der Waals surface area contributed by atoms with E-state index >= 15 is 0 Å². The van der Waals surface area contributed by atoms with Gasteiger partial charge in [-0.15, -0.1) is 0 Å². The van der Waals surface area contributed by atoms with E-state index < -0.39 is 5.91 Å². The van der Waals surface area contributed by atoms with E-state index in [1.54, 1.807) is 0 Å². The Labute approximate surface area is 40.2 Å². The summed E-state index contributed by atoms with van der Waals surface area (Å²) in [7, 11) is 0. The summed E-state index contributed by atoms with van der Waals surface area (Å²) in [4.78, 5) is 9.61. The number of primary amides is 1. The van der Waals surface area contributed by atoms with E-state index in [1.807, 2.05) is 0 Å². The van der Waals surface area contributed by atoms with E-state index in [0.717, 1.165) is 0 Å². The molecule has 0 aliphatic rings. The van der Waals surface area contributed by atoms with E-state index in [9.17, 15) is 4.79 Å². The molecule has 0 aromatic carbocycles. The van der Waals surface area contributed by atoms with Gasteiger partial charge >= 0.3 is 0 Å². The highest BCUT2D eigenvalue weighted by molar-refractivity contribution is 6.08. The van der Waals surface area contributed by atoms with Crippen LogP contribution in [0.2, 0.25) is 0 Å². The van der Waals surface area contributed by atoms with Crippen molar-refractivity contribution in [3.63, 3.8) is 0 Å². The zero-order chi connectivity index (χ0) is 4.99. The number of rotatable bonds is 2. The van der Waals surface area contributed by atoms with Gasteiger partial charge in [0.1, 0.15) is 6.61 Å². The number of nitrogens with two attached hydrogens (primary N) is 1. The highest BCUT2D eigenvalue weighted by Crippen LogP contribution is 1.73. The Bertz CT molecular complexity index is 55.5. The van der Waals surface area contributed by atoms with Gasteiger partial charge < -0.3 is 5.73 Å². The molecule has 0 aromatic heterocycles. The standard InChI is InChI=1S/C2H4ClNO2/c3-6-1-2(4)5/h1H2,(H2,4,5). The summed E-state index contributed by atoms with van der Waals surface area (Å²) in [6.45, 7) is -0.221. The minimum absolute atomic E-state index is 0.221. The van der Waals surface area contributed by atoms with Crippen molar-refractivity contribution in [1.29, 1.82) is 0 Å². The highest BCUT2D eigenvalue weighted by Gasteiger charge is 1.86. The van der Waals surface area contributed by atoms with Crippen LogP contribution >= 0.6 is 11.9 Å². The lowest BCUT2D eigenvalue weighted by atomic mass is 10.7. The van der Waals surface area contributed by atoms with Gasteiger partial charge in [0.2, 0.25) is 5.91 Å². The quantitative estimate of drug-likeness (QED) is 0.527. The van der Waals surface area contributed by atoms with E-state index in [1.165, 1.54) is 0 Å². The van der Waals surface area contributed by atoms with Gasteiger partial charge in [0.25, 0.3) is 0 Å². The smallest absolute Gasteiger partial charge is 0.245 e. The Hall–Kier alpha value is -0.280. The molecule has 0 aromatic rings. The summed E-state index contributed by atoms with van der Waals surface area (Å²) in [5.41, 5.74) is 4.55. The molecule has 0 saturated heterocycles. The topological polar surface area (TPSA) is 52.3 Å². The van der Waals surface area contributed by atoms with Crippen LogP contribution in [0, 0.1) is 0 Å². The molecule has 1 amide bonds. The summed E-state index contributed by atoms with van der Waals surface area (Å²) in [6.07, 6.45) is 0. The summed E-state index contributed by atoms with van der Waals surface area (Å²) in [5.74, 6) is -0.565. The van der Waals surface area contributed by atoms with Crippen LogP contribution in [0.3, 0.4) is 0 Å². The van der Waals surface area contributed by atoms with Crippen LogP contribution in [0.25, 0.3) is 0 Å². The molecule has 0 rings (SSSR count). The number of carbonyl (C=O) groups is 1. The first-order chi connectivity index (χ1) is 2.77. The Morgan fingerprint density at radius 2 is 2.50 bits per heavy atom. The molecule has 2 N–H and O–H groups in total. The second-order valence-corrected chi connectivity index (χ2v) is 0.938. The number of hydrogen-bond donors (Lipinski definition) is 1. The average molecular weight is 110 g/mol. The fraction of sp³-hybridized carbons (Fsp3) is 0.500. The van der Waals surface area contributed by atoms with Gasteiger partial charge in [0, 0.05) is 0 Å². The third-order valence-electron chi connectivity index (χ3n) is 0.197. The van der Waals surface area contributed by atoms with Gasteiger partial charge in [-0.25, -0.2) is 0 Å². The lowest BCUT2D eigenvalue weighted by Gasteiger charge is -1.81. The fourth-order valence-corrected chi connectivity index (χ4v) is 0.161. The van der Waals surface area contributed by atoms with Crippen molar-refractivity contribution in [1.82, 2.24) is 0 Å². The van der Waals surface area contributed by atoms with E-state index in [2.05, 4.69) is 21.9 Å². The highest BCUT2D eigenvalue weighted by atomic mass is 35.5. The maximum atomic E-state index is 9.61. The number of hydrogen-bond acceptors (Lipinski definition) is 2. The minimum Gasteiger partial charge on any atom is -0.368 e. The molecule has 0 radical (unpaired) electrons. The van der Waals surface area contributed by atoms with Crippen LogP contribution in [-0.2, 0) is 9.08 Å². The second kappa shape index (κ2) is 2.93. The van der Waals surface area contributed by atoms with E-state index in [0.29, 0.717) is 0 Å². The maximum absolute atomic E-state index is 9.61. The van der Waals surface area contributed by atoms with Crippen LogP contribution in [0.4, 0.5) is 0 Å². The molecule has 0 spiro atoms. The molecular weight excluding hydrogens is 105 g/mol.